The van der Waals surface area contributed by atoms with Gasteiger partial charge in [-0.1, -0.05) is 6.07 Å². The number of likely N-dealkylation sites (tertiary alicyclic amines) is 1. The van der Waals surface area contributed by atoms with E-state index in [9.17, 15) is 14.4 Å². The van der Waals surface area contributed by atoms with Gasteiger partial charge in [-0.05, 0) is 57.7 Å². The number of hydrogen-bond acceptors (Lipinski definition) is 6. The summed E-state index contributed by atoms with van der Waals surface area (Å²) in [6.45, 7) is 6.43. The van der Waals surface area contributed by atoms with Crippen LogP contribution >= 0.6 is 11.3 Å². The number of aromatic nitrogens is 1. The lowest BCUT2D eigenvalue weighted by Crippen LogP contribution is -2.45. The van der Waals surface area contributed by atoms with Crippen molar-refractivity contribution in [1.82, 2.24) is 9.88 Å². The Balaban J connectivity index is 1.38. The molecule has 9 heteroatoms. The van der Waals surface area contributed by atoms with Crippen LogP contribution in [0.15, 0.2) is 23.6 Å². The first-order chi connectivity index (χ1) is 15.2. The number of benzene rings is 1. The van der Waals surface area contributed by atoms with E-state index in [2.05, 4.69) is 15.6 Å². The smallest absolute Gasteiger partial charge is 0.410 e. The normalized spacial score (nSPS) is 18.5. The molecule has 2 N–H and O–H groups in total. The molecule has 8 nitrogen and oxygen atoms in total. The maximum Gasteiger partial charge on any atom is 0.410 e. The van der Waals surface area contributed by atoms with Crippen LogP contribution in [0.4, 0.5) is 15.6 Å². The predicted molar refractivity (Wildman–Crippen MR) is 124 cm³/mol. The Bertz CT molecular complexity index is 1040. The van der Waals surface area contributed by atoms with Crippen LogP contribution in [0, 0.1) is 5.92 Å². The number of nitrogens with one attached hydrogen (secondary N) is 2. The van der Waals surface area contributed by atoms with Crippen molar-refractivity contribution in [1.29, 1.82) is 0 Å². The number of nitrogens with zero attached hydrogens (tertiary/aromatic N) is 2. The molecule has 3 heterocycles. The van der Waals surface area contributed by atoms with Crippen LogP contribution in [-0.4, -0.2) is 46.5 Å². The molecular formula is C23H28N4O4S. The van der Waals surface area contributed by atoms with Gasteiger partial charge in [-0.25, -0.2) is 9.78 Å². The third kappa shape index (κ3) is 5.27. The zero-order valence-electron chi connectivity index (χ0n) is 18.6. The molecule has 0 bridgehead atoms. The molecule has 0 unspecified atom stereocenters. The van der Waals surface area contributed by atoms with Crippen LogP contribution in [0.2, 0.25) is 0 Å². The standard InChI is InChI=1S/C23H28N4O4S/c1-23(2,3)31-22(30)27-10-4-5-16(12-27)20(29)26-21-25-18(13-32-21)15-6-8-17-14(11-15)7-9-19(28)24-17/h6,8,11,13,16H,4-5,7,9-10,12H2,1-3H3,(H,24,28)(H,25,26,29)/t16-/m0/s1. The summed E-state index contributed by atoms with van der Waals surface area (Å²) in [4.78, 5) is 42.9. The lowest BCUT2D eigenvalue weighted by Gasteiger charge is -2.33. The van der Waals surface area contributed by atoms with Crippen molar-refractivity contribution in [3.63, 3.8) is 0 Å². The molecule has 4 rings (SSSR count). The number of thiazole rings is 1. The summed E-state index contributed by atoms with van der Waals surface area (Å²) in [5.74, 6) is -0.389. The zero-order chi connectivity index (χ0) is 22.9. The Hall–Kier alpha value is -2.94. The van der Waals surface area contributed by atoms with Crippen molar-refractivity contribution < 1.29 is 19.1 Å². The average molecular weight is 457 g/mol. The van der Waals surface area contributed by atoms with E-state index >= 15 is 0 Å². The summed E-state index contributed by atoms with van der Waals surface area (Å²) in [5, 5.41) is 8.23. The molecule has 0 saturated carbocycles. The second kappa shape index (κ2) is 8.90. The molecule has 170 valence electrons. The summed E-state index contributed by atoms with van der Waals surface area (Å²) in [6, 6.07) is 5.85. The Morgan fingerprint density at radius 3 is 2.88 bits per heavy atom. The molecule has 2 aliphatic rings. The highest BCUT2D eigenvalue weighted by molar-refractivity contribution is 7.14. The van der Waals surface area contributed by atoms with Crippen LogP contribution in [0.5, 0.6) is 0 Å². The van der Waals surface area contributed by atoms with Gasteiger partial charge in [0, 0.05) is 36.1 Å². The van der Waals surface area contributed by atoms with E-state index in [1.807, 2.05) is 44.4 Å². The SMILES string of the molecule is CC(C)(C)OC(=O)N1CCC[C@H](C(=O)Nc2nc(-c3ccc4c(c3)CCC(=O)N4)cs2)C1. The number of carbonyl (C=O) groups excluding carboxylic acids is 3. The number of hydrogen-bond donors (Lipinski definition) is 2. The summed E-state index contributed by atoms with van der Waals surface area (Å²) in [5.41, 5.74) is 3.10. The van der Waals surface area contributed by atoms with E-state index in [0.29, 0.717) is 31.1 Å². The average Bonchev–Trinajstić information content (AvgIpc) is 3.20. The molecule has 1 aromatic carbocycles. The monoisotopic (exact) mass is 456 g/mol. The van der Waals surface area contributed by atoms with Gasteiger partial charge in [-0.2, -0.15) is 0 Å². The van der Waals surface area contributed by atoms with Crippen LogP contribution in [0.1, 0.15) is 45.6 Å². The maximum atomic E-state index is 12.8. The molecule has 0 aliphatic carbocycles. The molecule has 2 aromatic rings. The third-order valence-corrected chi connectivity index (χ3v) is 6.23. The van der Waals surface area contributed by atoms with Crippen molar-refractivity contribution in [2.24, 2.45) is 5.92 Å². The van der Waals surface area contributed by atoms with Gasteiger partial charge in [-0.3, -0.25) is 9.59 Å². The summed E-state index contributed by atoms with van der Waals surface area (Å²) in [7, 11) is 0. The number of carbonyl (C=O) groups is 3. The Labute approximate surface area is 191 Å². The van der Waals surface area contributed by atoms with Gasteiger partial charge in [0.15, 0.2) is 5.13 Å². The molecule has 0 radical (unpaired) electrons. The lowest BCUT2D eigenvalue weighted by molar-refractivity contribution is -0.121. The van der Waals surface area contributed by atoms with Gasteiger partial charge in [-0.15, -0.1) is 11.3 Å². The van der Waals surface area contributed by atoms with Crippen molar-refractivity contribution in [3.05, 3.63) is 29.1 Å². The fourth-order valence-electron chi connectivity index (χ4n) is 3.90. The molecular weight excluding hydrogens is 428 g/mol. The van der Waals surface area contributed by atoms with Crippen LogP contribution in [-0.2, 0) is 20.7 Å². The fourth-order valence-corrected chi connectivity index (χ4v) is 4.62. The van der Waals surface area contributed by atoms with Gasteiger partial charge in [0.05, 0.1) is 11.6 Å². The van der Waals surface area contributed by atoms with E-state index in [-0.39, 0.29) is 23.8 Å². The van der Waals surface area contributed by atoms with Crippen molar-refractivity contribution in [3.8, 4) is 11.3 Å². The number of ether oxygens (including phenoxy) is 1. The van der Waals surface area contributed by atoms with Gasteiger partial charge < -0.3 is 20.3 Å². The number of anilines is 2. The number of amides is 3. The van der Waals surface area contributed by atoms with Crippen molar-refractivity contribution in [2.75, 3.05) is 23.7 Å². The van der Waals surface area contributed by atoms with Crippen LogP contribution < -0.4 is 10.6 Å². The number of aryl methyl sites for hydroxylation is 1. The first kappa shape index (κ1) is 22.3. The molecule has 0 spiro atoms. The minimum Gasteiger partial charge on any atom is -0.444 e. The van der Waals surface area contributed by atoms with Crippen molar-refractivity contribution >= 4 is 40.1 Å². The minimum atomic E-state index is -0.564. The largest absolute Gasteiger partial charge is 0.444 e. The zero-order valence-corrected chi connectivity index (χ0v) is 19.4. The van der Waals surface area contributed by atoms with E-state index in [1.165, 1.54) is 11.3 Å². The summed E-state index contributed by atoms with van der Waals surface area (Å²) < 4.78 is 5.44. The minimum absolute atomic E-state index is 0.0388. The van der Waals surface area contributed by atoms with Gasteiger partial charge >= 0.3 is 6.09 Å². The number of piperidine rings is 1. The molecule has 1 aromatic heterocycles. The quantitative estimate of drug-likeness (QED) is 0.718. The van der Waals surface area contributed by atoms with Crippen LogP contribution in [0.25, 0.3) is 11.3 Å². The van der Waals surface area contributed by atoms with E-state index < -0.39 is 5.60 Å². The maximum absolute atomic E-state index is 12.8. The first-order valence-electron chi connectivity index (χ1n) is 10.9. The van der Waals surface area contributed by atoms with E-state index in [1.54, 1.807) is 4.90 Å². The molecule has 3 amide bonds. The fraction of sp³-hybridized carbons (Fsp3) is 0.478. The lowest BCUT2D eigenvalue weighted by atomic mass is 9.97. The third-order valence-electron chi connectivity index (χ3n) is 5.47. The van der Waals surface area contributed by atoms with Crippen LogP contribution in [0.3, 0.4) is 0 Å². The van der Waals surface area contributed by atoms with Crippen molar-refractivity contribution in [2.45, 2.75) is 52.1 Å². The molecule has 32 heavy (non-hydrogen) atoms. The topological polar surface area (TPSA) is 101 Å². The highest BCUT2D eigenvalue weighted by Crippen LogP contribution is 2.31. The Kier molecular flexibility index (Phi) is 6.19. The molecule has 1 fully saturated rings. The Morgan fingerprint density at radius 1 is 1.28 bits per heavy atom. The predicted octanol–water partition coefficient (Wildman–Crippen LogP) is 4.28. The summed E-state index contributed by atoms with van der Waals surface area (Å²) in [6.07, 6.45) is 2.29. The van der Waals surface area contributed by atoms with E-state index in [0.717, 1.165) is 35.3 Å². The second-order valence-electron chi connectivity index (χ2n) is 9.21. The number of fused-ring (bicyclic) bond motifs is 1. The number of rotatable bonds is 3. The summed E-state index contributed by atoms with van der Waals surface area (Å²) >= 11 is 1.37. The second-order valence-corrected chi connectivity index (χ2v) is 10.1. The first-order valence-corrected chi connectivity index (χ1v) is 11.7. The van der Waals surface area contributed by atoms with Gasteiger partial charge in [0.2, 0.25) is 11.8 Å². The van der Waals surface area contributed by atoms with Gasteiger partial charge in [0.25, 0.3) is 0 Å². The van der Waals surface area contributed by atoms with Gasteiger partial charge in [0.1, 0.15) is 5.60 Å². The molecule has 1 atom stereocenters. The molecule has 2 aliphatic heterocycles. The Morgan fingerprint density at radius 2 is 2.09 bits per heavy atom. The van der Waals surface area contributed by atoms with E-state index in [4.69, 9.17) is 4.74 Å². The highest BCUT2D eigenvalue weighted by atomic mass is 32.1. The molecule has 1 saturated heterocycles. The highest BCUT2D eigenvalue weighted by Gasteiger charge is 2.31.